The smallest absolute Gasteiger partial charge is 0.257 e. The highest BCUT2D eigenvalue weighted by Gasteiger charge is 2.10. The number of para-hydroxylation sites is 1. The third-order valence-corrected chi connectivity index (χ3v) is 3.00. The molecule has 4 N–H and O–H groups in total. The lowest BCUT2D eigenvalue weighted by molar-refractivity contribution is 0.102. The minimum Gasteiger partial charge on any atom is -0.399 e. The van der Waals surface area contributed by atoms with Gasteiger partial charge in [0.05, 0.1) is 11.1 Å². The molecule has 4 heteroatoms. The first-order chi connectivity index (χ1) is 9.24. The van der Waals surface area contributed by atoms with Gasteiger partial charge < -0.3 is 16.0 Å². The number of hydrogen-bond donors (Lipinski definition) is 3. The molecule has 1 amide bonds. The fourth-order valence-electron chi connectivity index (χ4n) is 2.04. The summed E-state index contributed by atoms with van der Waals surface area (Å²) in [5.74, 6) is -0.141. The number of anilines is 2. The first-order valence-corrected chi connectivity index (χ1v) is 5.97. The van der Waals surface area contributed by atoms with Crippen molar-refractivity contribution in [3.05, 3.63) is 60.3 Å². The van der Waals surface area contributed by atoms with Crippen LogP contribution in [0.5, 0.6) is 0 Å². The summed E-state index contributed by atoms with van der Waals surface area (Å²) in [4.78, 5) is 15.3. The van der Waals surface area contributed by atoms with Crippen molar-refractivity contribution in [3.8, 4) is 0 Å². The zero-order valence-electron chi connectivity index (χ0n) is 10.2. The van der Waals surface area contributed by atoms with E-state index < -0.39 is 0 Å². The molecule has 0 saturated carbocycles. The highest BCUT2D eigenvalue weighted by Crippen LogP contribution is 2.19. The van der Waals surface area contributed by atoms with Gasteiger partial charge in [0.1, 0.15) is 0 Å². The van der Waals surface area contributed by atoms with Crippen LogP contribution < -0.4 is 11.1 Å². The molecule has 0 saturated heterocycles. The lowest BCUT2D eigenvalue weighted by Crippen LogP contribution is -2.12. The summed E-state index contributed by atoms with van der Waals surface area (Å²) in [7, 11) is 0. The summed E-state index contributed by atoms with van der Waals surface area (Å²) in [6.45, 7) is 0. The van der Waals surface area contributed by atoms with E-state index in [-0.39, 0.29) is 5.91 Å². The number of H-pyrrole nitrogens is 1. The third kappa shape index (κ3) is 2.15. The average Bonchev–Trinajstić information content (AvgIpc) is 2.89. The molecule has 4 nitrogen and oxygen atoms in total. The maximum Gasteiger partial charge on any atom is 0.257 e. The van der Waals surface area contributed by atoms with Crippen LogP contribution in [0.15, 0.2) is 54.7 Å². The standard InChI is InChI=1S/C15H13N3O/c16-11-4-6-12(7-5-11)18-15(19)13-3-1-2-10-8-9-17-14(10)13/h1-9,17H,16H2,(H,18,19). The largest absolute Gasteiger partial charge is 0.399 e. The van der Waals surface area contributed by atoms with Gasteiger partial charge in [-0.05, 0) is 36.4 Å². The predicted molar refractivity (Wildman–Crippen MR) is 77.1 cm³/mol. The normalized spacial score (nSPS) is 10.5. The van der Waals surface area contributed by atoms with Gasteiger partial charge >= 0.3 is 0 Å². The Bertz CT molecular complexity index is 728. The number of carbonyl (C=O) groups excluding carboxylic acids is 1. The van der Waals surface area contributed by atoms with E-state index in [0.717, 1.165) is 16.6 Å². The van der Waals surface area contributed by atoms with Crippen LogP contribution >= 0.6 is 0 Å². The summed E-state index contributed by atoms with van der Waals surface area (Å²) >= 11 is 0. The third-order valence-electron chi connectivity index (χ3n) is 3.00. The van der Waals surface area contributed by atoms with Crippen LogP contribution in [0.25, 0.3) is 10.9 Å². The lowest BCUT2D eigenvalue weighted by Gasteiger charge is -2.06. The first kappa shape index (κ1) is 11.3. The maximum absolute atomic E-state index is 12.2. The Labute approximate surface area is 110 Å². The topological polar surface area (TPSA) is 70.9 Å². The SMILES string of the molecule is Nc1ccc(NC(=O)c2cccc3cc[nH]c23)cc1. The van der Waals surface area contributed by atoms with Crippen molar-refractivity contribution in [2.24, 2.45) is 0 Å². The number of benzene rings is 2. The zero-order chi connectivity index (χ0) is 13.2. The zero-order valence-corrected chi connectivity index (χ0v) is 10.2. The Morgan fingerprint density at radius 1 is 1.05 bits per heavy atom. The molecule has 0 aliphatic rings. The maximum atomic E-state index is 12.2. The second kappa shape index (κ2) is 4.49. The molecule has 3 aromatic rings. The fourth-order valence-corrected chi connectivity index (χ4v) is 2.04. The van der Waals surface area contributed by atoms with Crippen LogP contribution in [0.3, 0.4) is 0 Å². The average molecular weight is 251 g/mol. The van der Waals surface area contributed by atoms with Gasteiger partial charge in [0.25, 0.3) is 5.91 Å². The summed E-state index contributed by atoms with van der Waals surface area (Å²) in [5, 5.41) is 3.87. The van der Waals surface area contributed by atoms with Crippen LogP contribution in [0, 0.1) is 0 Å². The molecule has 0 spiro atoms. The summed E-state index contributed by atoms with van der Waals surface area (Å²) in [6, 6.07) is 14.6. The summed E-state index contributed by atoms with van der Waals surface area (Å²) in [5.41, 5.74) is 8.47. The molecule has 0 fully saturated rings. The van der Waals surface area contributed by atoms with E-state index in [4.69, 9.17) is 5.73 Å². The van der Waals surface area contributed by atoms with Crippen molar-refractivity contribution in [2.45, 2.75) is 0 Å². The predicted octanol–water partition coefficient (Wildman–Crippen LogP) is 3.00. The fraction of sp³-hybridized carbons (Fsp3) is 0. The van der Waals surface area contributed by atoms with Crippen molar-refractivity contribution in [2.75, 3.05) is 11.1 Å². The minimum absolute atomic E-state index is 0.141. The molecule has 3 rings (SSSR count). The van der Waals surface area contributed by atoms with Crippen LogP contribution in [0.2, 0.25) is 0 Å². The van der Waals surface area contributed by atoms with Crippen LogP contribution in [-0.4, -0.2) is 10.9 Å². The Morgan fingerprint density at radius 2 is 1.84 bits per heavy atom. The van der Waals surface area contributed by atoms with Gasteiger partial charge in [-0.1, -0.05) is 12.1 Å². The molecule has 1 heterocycles. The Balaban J connectivity index is 1.92. The van der Waals surface area contributed by atoms with Gasteiger partial charge in [0.2, 0.25) is 0 Å². The molecule has 0 radical (unpaired) electrons. The minimum atomic E-state index is -0.141. The Kier molecular flexibility index (Phi) is 2.68. The number of rotatable bonds is 2. The number of nitrogens with one attached hydrogen (secondary N) is 2. The highest BCUT2D eigenvalue weighted by molar-refractivity contribution is 6.12. The van der Waals surface area contributed by atoms with Gasteiger partial charge in [0, 0.05) is 23.0 Å². The number of hydrogen-bond acceptors (Lipinski definition) is 2. The highest BCUT2D eigenvalue weighted by atomic mass is 16.1. The van der Waals surface area contributed by atoms with Crippen molar-refractivity contribution in [1.82, 2.24) is 4.98 Å². The lowest BCUT2D eigenvalue weighted by atomic mass is 10.1. The quantitative estimate of drug-likeness (QED) is 0.613. The molecular weight excluding hydrogens is 238 g/mol. The molecule has 19 heavy (non-hydrogen) atoms. The number of aromatic nitrogens is 1. The number of aromatic amines is 1. The number of amides is 1. The second-order valence-corrected chi connectivity index (χ2v) is 4.32. The Morgan fingerprint density at radius 3 is 2.63 bits per heavy atom. The van der Waals surface area contributed by atoms with Crippen molar-refractivity contribution in [1.29, 1.82) is 0 Å². The van der Waals surface area contributed by atoms with E-state index in [1.165, 1.54) is 0 Å². The van der Waals surface area contributed by atoms with E-state index in [0.29, 0.717) is 11.3 Å². The van der Waals surface area contributed by atoms with Crippen LogP contribution in [0.1, 0.15) is 10.4 Å². The van der Waals surface area contributed by atoms with E-state index in [1.807, 2.05) is 24.4 Å². The van der Waals surface area contributed by atoms with Crippen LogP contribution in [0.4, 0.5) is 11.4 Å². The number of carbonyl (C=O) groups is 1. The van der Waals surface area contributed by atoms with Gasteiger partial charge in [-0.2, -0.15) is 0 Å². The first-order valence-electron chi connectivity index (χ1n) is 5.97. The van der Waals surface area contributed by atoms with Crippen molar-refractivity contribution < 1.29 is 4.79 Å². The van der Waals surface area contributed by atoms with Gasteiger partial charge in [-0.25, -0.2) is 0 Å². The molecule has 0 atom stereocenters. The molecule has 0 unspecified atom stereocenters. The van der Waals surface area contributed by atoms with Crippen molar-refractivity contribution in [3.63, 3.8) is 0 Å². The summed E-state index contributed by atoms with van der Waals surface area (Å²) < 4.78 is 0. The van der Waals surface area contributed by atoms with Gasteiger partial charge in [0.15, 0.2) is 0 Å². The number of nitrogen functional groups attached to an aromatic ring is 1. The number of nitrogens with two attached hydrogens (primary N) is 1. The van der Waals surface area contributed by atoms with Crippen LogP contribution in [-0.2, 0) is 0 Å². The number of fused-ring (bicyclic) bond motifs is 1. The van der Waals surface area contributed by atoms with Crippen molar-refractivity contribution >= 4 is 28.2 Å². The van der Waals surface area contributed by atoms with E-state index >= 15 is 0 Å². The monoisotopic (exact) mass is 251 g/mol. The summed E-state index contributed by atoms with van der Waals surface area (Å²) in [6.07, 6.45) is 1.82. The van der Waals surface area contributed by atoms with E-state index in [9.17, 15) is 4.79 Å². The molecule has 1 aromatic heterocycles. The molecule has 0 bridgehead atoms. The van der Waals surface area contributed by atoms with Gasteiger partial charge in [-0.15, -0.1) is 0 Å². The Hall–Kier alpha value is -2.75. The second-order valence-electron chi connectivity index (χ2n) is 4.32. The molecular formula is C15H13N3O. The van der Waals surface area contributed by atoms with Gasteiger partial charge in [-0.3, -0.25) is 4.79 Å². The molecule has 0 aliphatic carbocycles. The van der Waals surface area contributed by atoms with E-state index in [2.05, 4.69) is 10.3 Å². The molecule has 94 valence electrons. The van der Waals surface area contributed by atoms with E-state index in [1.54, 1.807) is 30.3 Å². The molecule has 2 aromatic carbocycles. The molecule has 0 aliphatic heterocycles.